The van der Waals surface area contributed by atoms with Gasteiger partial charge in [-0.2, -0.15) is 0 Å². The molecule has 3 nitrogen and oxygen atoms in total. The number of ether oxygens (including phenoxy) is 1. The standard InChI is InChI=1S/C20H21NO2/c1-14-13-21(17-11-7-8-12-18(17)23-3)19(15(2)20(14)22)16-9-5-4-6-10-16/h4-13,15,19H,1-3H3/t15-,19-/m0/s1. The molecule has 1 heterocycles. The van der Waals surface area contributed by atoms with Crippen LogP contribution < -0.4 is 9.64 Å². The maximum atomic E-state index is 12.5. The maximum Gasteiger partial charge on any atom is 0.165 e. The molecule has 1 aliphatic rings. The van der Waals surface area contributed by atoms with Crippen molar-refractivity contribution in [1.82, 2.24) is 0 Å². The van der Waals surface area contributed by atoms with E-state index in [1.54, 1.807) is 7.11 Å². The van der Waals surface area contributed by atoms with Gasteiger partial charge in [-0.05, 0) is 24.6 Å². The summed E-state index contributed by atoms with van der Waals surface area (Å²) in [7, 11) is 1.67. The Hall–Kier alpha value is -2.55. The predicted molar refractivity (Wildman–Crippen MR) is 92.6 cm³/mol. The quantitative estimate of drug-likeness (QED) is 0.843. The molecule has 0 saturated carbocycles. The van der Waals surface area contributed by atoms with E-state index in [-0.39, 0.29) is 17.7 Å². The van der Waals surface area contributed by atoms with Gasteiger partial charge >= 0.3 is 0 Å². The number of hydrogen-bond donors (Lipinski definition) is 0. The number of nitrogens with zero attached hydrogens (tertiary/aromatic N) is 1. The van der Waals surface area contributed by atoms with Gasteiger partial charge in [-0.3, -0.25) is 4.79 Å². The van der Waals surface area contributed by atoms with Crippen molar-refractivity contribution in [1.29, 1.82) is 0 Å². The first-order valence-electron chi connectivity index (χ1n) is 7.82. The average Bonchev–Trinajstić information content (AvgIpc) is 2.60. The number of rotatable bonds is 3. The Bertz CT molecular complexity index is 736. The molecule has 2 aromatic rings. The lowest BCUT2D eigenvalue weighted by Crippen LogP contribution is -2.37. The number of benzene rings is 2. The van der Waals surface area contributed by atoms with E-state index in [4.69, 9.17) is 4.74 Å². The molecule has 2 atom stereocenters. The summed E-state index contributed by atoms with van der Waals surface area (Å²) < 4.78 is 5.52. The fraction of sp³-hybridized carbons (Fsp3) is 0.250. The third-order valence-corrected chi connectivity index (χ3v) is 4.41. The molecule has 118 valence electrons. The number of carbonyl (C=O) groups is 1. The first-order valence-corrected chi connectivity index (χ1v) is 7.82. The summed E-state index contributed by atoms with van der Waals surface area (Å²) in [6, 6.07) is 18.0. The van der Waals surface area contributed by atoms with E-state index < -0.39 is 0 Å². The number of hydrogen-bond acceptors (Lipinski definition) is 3. The molecule has 0 bridgehead atoms. The highest BCUT2D eigenvalue weighted by molar-refractivity contribution is 5.99. The lowest BCUT2D eigenvalue weighted by Gasteiger charge is -2.39. The van der Waals surface area contributed by atoms with Crippen LogP contribution in [0.25, 0.3) is 0 Å². The molecule has 3 rings (SSSR count). The summed E-state index contributed by atoms with van der Waals surface area (Å²) in [4.78, 5) is 14.7. The van der Waals surface area contributed by atoms with Gasteiger partial charge in [0.2, 0.25) is 0 Å². The van der Waals surface area contributed by atoms with Gasteiger partial charge in [0.05, 0.1) is 18.8 Å². The lowest BCUT2D eigenvalue weighted by molar-refractivity contribution is -0.119. The van der Waals surface area contributed by atoms with Gasteiger partial charge < -0.3 is 9.64 Å². The van der Waals surface area contributed by atoms with E-state index in [2.05, 4.69) is 17.0 Å². The van der Waals surface area contributed by atoms with Crippen molar-refractivity contribution in [2.45, 2.75) is 19.9 Å². The van der Waals surface area contributed by atoms with Crippen LogP contribution in [0.4, 0.5) is 5.69 Å². The number of para-hydroxylation sites is 2. The smallest absolute Gasteiger partial charge is 0.165 e. The summed E-state index contributed by atoms with van der Waals surface area (Å²) in [6.45, 7) is 3.88. The molecular weight excluding hydrogens is 286 g/mol. The number of anilines is 1. The minimum Gasteiger partial charge on any atom is -0.495 e. The Labute approximate surface area is 137 Å². The van der Waals surface area contributed by atoms with Crippen molar-refractivity contribution >= 4 is 11.5 Å². The minimum absolute atomic E-state index is 0.0382. The van der Waals surface area contributed by atoms with Crippen LogP contribution >= 0.6 is 0 Å². The second-order valence-electron chi connectivity index (χ2n) is 5.90. The van der Waals surface area contributed by atoms with E-state index in [1.807, 2.05) is 62.5 Å². The fourth-order valence-corrected chi connectivity index (χ4v) is 3.26. The minimum atomic E-state index is -0.118. The van der Waals surface area contributed by atoms with Gasteiger partial charge in [-0.1, -0.05) is 49.4 Å². The molecule has 0 saturated heterocycles. The molecule has 0 aromatic heterocycles. The van der Waals surface area contributed by atoms with Crippen molar-refractivity contribution in [3.05, 3.63) is 71.9 Å². The summed E-state index contributed by atoms with van der Waals surface area (Å²) in [5.74, 6) is 0.886. The highest BCUT2D eigenvalue weighted by Crippen LogP contribution is 2.41. The third-order valence-electron chi connectivity index (χ3n) is 4.41. The van der Waals surface area contributed by atoms with E-state index in [0.717, 1.165) is 22.6 Å². The first-order chi connectivity index (χ1) is 11.1. The molecule has 3 heteroatoms. The molecule has 0 N–H and O–H groups in total. The zero-order valence-corrected chi connectivity index (χ0v) is 13.7. The van der Waals surface area contributed by atoms with Crippen LogP contribution in [0, 0.1) is 5.92 Å². The zero-order valence-electron chi connectivity index (χ0n) is 13.7. The molecule has 0 aliphatic carbocycles. The molecule has 0 radical (unpaired) electrons. The van der Waals surface area contributed by atoms with Crippen molar-refractivity contribution in [2.75, 3.05) is 12.0 Å². The van der Waals surface area contributed by atoms with Gasteiger partial charge in [0.15, 0.2) is 5.78 Å². The summed E-state index contributed by atoms with van der Waals surface area (Å²) in [6.07, 6.45) is 1.94. The maximum absolute atomic E-state index is 12.5. The second-order valence-corrected chi connectivity index (χ2v) is 5.90. The van der Waals surface area contributed by atoms with Crippen LogP contribution in [-0.4, -0.2) is 12.9 Å². The monoisotopic (exact) mass is 307 g/mol. The highest BCUT2D eigenvalue weighted by atomic mass is 16.5. The van der Waals surface area contributed by atoms with Gasteiger partial charge in [-0.25, -0.2) is 0 Å². The second kappa shape index (κ2) is 6.29. The Kier molecular flexibility index (Phi) is 4.20. The largest absolute Gasteiger partial charge is 0.495 e. The molecule has 0 unspecified atom stereocenters. The zero-order chi connectivity index (χ0) is 16.4. The lowest BCUT2D eigenvalue weighted by atomic mass is 9.84. The molecule has 1 aliphatic heterocycles. The topological polar surface area (TPSA) is 29.5 Å². The van der Waals surface area contributed by atoms with E-state index >= 15 is 0 Å². The number of methoxy groups -OCH3 is 1. The number of allylic oxidation sites excluding steroid dienone is 1. The molecule has 23 heavy (non-hydrogen) atoms. The third kappa shape index (κ3) is 2.74. The van der Waals surface area contributed by atoms with Crippen molar-refractivity contribution in [3.63, 3.8) is 0 Å². The highest BCUT2D eigenvalue weighted by Gasteiger charge is 2.35. The van der Waals surface area contributed by atoms with E-state index in [0.29, 0.717) is 0 Å². The Morgan fingerprint density at radius 2 is 1.65 bits per heavy atom. The van der Waals surface area contributed by atoms with Crippen LogP contribution in [0.3, 0.4) is 0 Å². The Morgan fingerprint density at radius 1 is 1.00 bits per heavy atom. The molecule has 0 spiro atoms. The van der Waals surface area contributed by atoms with Crippen LogP contribution in [0.5, 0.6) is 5.75 Å². The van der Waals surface area contributed by atoms with Crippen molar-refractivity contribution < 1.29 is 9.53 Å². The molecular formula is C20H21NO2. The summed E-state index contributed by atoms with van der Waals surface area (Å²) in [5.41, 5.74) is 2.88. The van der Waals surface area contributed by atoms with Crippen LogP contribution in [0.1, 0.15) is 25.5 Å². The van der Waals surface area contributed by atoms with Crippen LogP contribution in [0.2, 0.25) is 0 Å². The SMILES string of the molecule is COc1ccccc1N1C=C(C)C(=O)[C@@H](C)[C@H]1c1ccccc1. The van der Waals surface area contributed by atoms with Gasteiger partial charge in [0.1, 0.15) is 5.75 Å². The normalized spacial score (nSPS) is 21.1. The molecule has 0 fully saturated rings. The fourth-order valence-electron chi connectivity index (χ4n) is 3.26. The summed E-state index contributed by atoms with van der Waals surface area (Å²) in [5, 5.41) is 0. The van der Waals surface area contributed by atoms with Crippen LogP contribution in [-0.2, 0) is 4.79 Å². The number of carbonyl (C=O) groups excluding carboxylic acids is 1. The average molecular weight is 307 g/mol. The predicted octanol–water partition coefficient (Wildman–Crippen LogP) is 4.37. The van der Waals surface area contributed by atoms with Gasteiger partial charge in [-0.15, -0.1) is 0 Å². The van der Waals surface area contributed by atoms with E-state index in [9.17, 15) is 4.79 Å². The molecule has 2 aromatic carbocycles. The van der Waals surface area contributed by atoms with Gasteiger partial charge in [0.25, 0.3) is 0 Å². The number of Topliss-reactive ketones (excluding diaryl/α,β-unsaturated/α-hetero) is 1. The number of ketones is 1. The van der Waals surface area contributed by atoms with Gasteiger partial charge in [0, 0.05) is 17.7 Å². The van der Waals surface area contributed by atoms with Crippen molar-refractivity contribution in [2.24, 2.45) is 5.92 Å². The van der Waals surface area contributed by atoms with E-state index in [1.165, 1.54) is 0 Å². The van der Waals surface area contributed by atoms with Crippen LogP contribution in [0.15, 0.2) is 66.4 Å². The summed E-state index contributed by atoms with van der Waals surface area (Å²) >= 11 is 0. The first kappa shape index (κ1) is 15.3. The Balaban J connectivity index is 2.16. The Morgan fingerprint density at radius 3 is 2.35 bits per heavy atom. The molecule has 0 amide bonds. The van der Waals surface area contributed by atoms with Crippen molar-refractivity contribution in [3.8, 4) is 5.75 Å².